The lowest BCUT2D eigenvalue weighted by Gasteiger charge is -2.35. The lowest BCUT2D eigenvalue weighted by atomic mass is 10.1. The van der Waals surface area contributed by atoms with E-state index in [0.717, 1.165) is 38.9 Å². The fourth-order valence-corrected chi connectivity index (χ4v) is 1.99. The standard InChI is InChI=1S/C15H27NO3/c1-4-6-10-18-12-13-14(19-11-7-5-2)8-9-15(17)16(13)3/h8-9,13-14H,4-7,10-12H2,1-3H3. The first-order chi connectivity index (χ1) is 9.20. The van der Waals surface area contributed by atoms with Crippen molar-refractivity contribution >= 4 is 5.91 Å². The smallest absolute Gasteiger partial charge is 0.246 e. The van der Waals surface area contributed by atoms with Gasteiger partial charge in [-0.1, -0.05) is 26.7 Å². The molecule has 0 fully saturated rings. The van der Waals surface area contributed by atoms with Crippen molar-refractivity contribution in [1.29, 1.82) is 0 Å². The molecule has 0 radical (unpaired) electrons. The van der Waals surface area contributed by atoms with E-state index in [1.807, 2.05) is 13.1 Å². The van der Waals surface area contributed by atoms with Crippen LogP contribution in [0.3, 0.4) is 0 Å². The quantitative estimate of drug-likeness (QED) is 0.603. The summed E-state index contributed by atoms with van der Waals surface area (Å²) in [5.74, 6) is 0.0273. The van der Waals surface area contributed by atoms with Crippen LogP contribution in [0.15, 0.2) is 12.2 Å². The van der Waals surface area contributed by atoms with Gasteiger partial charge in [0.2, 0.25) is 5.91 Å². The maximum absolute atomic E-state index is 11.7. The second-order valence-electron chi connectivity index (χ2n) is 4.99. The minimum Gasteiger partial charge on any atom is -0.379 e. The van der Waals surface area contributed by atoms with Crippen molar-refractivity contribution in [3.05, 3.63) is 12.2 Å². The molecule has 0 aromatic heterocycles. The SMILES string of the molecule is CCCCOCC1C(OCCCC)C=CC(=O)N1C. The highest BCUT2D eigenvalue weighted by atomic mass is 16.5. The molecule has 110 valence electrons. The summed E-state index contributed by atoms with van der Waals surface area (Å²) in [6.07, 6.45) is 7.76. The molecule has 2 atom stereocenters. The molecule has 0 bridgehead atoms. The summed E-state index contributed by atoms with van der Waals surface area (Å²) in [7, 11) is 1.82. The number of carbonyl (C=O) groups is 1. The Balaban J connectivity index is 2.48. The molecule has 4 heteroatoms. The first kappa shape index (κ1) is 16.2. The first-order valence-electron chi connectivity index (χ1n) is 7.35. The second-order valence-corrected chi connectivity index (χ2v) is 4.99. The summed E-state index contributed by atoms with van der Waals surface area (Å²) in [4.78, 5) is 13.4. The van der Waals surface area contributed by atoms with E-state index >= 15 is 0 Å². The number of rotatable bonds is 9. The lowest BCUT2D eigenvalue weighted by molar-refractivity contribution is -0.133. The van der Waals surface area contributed by atoms with Gasteiger partial charge in [-0.15, -0.1) is 0 Å². The lowest BCUT2D eigenvalue weighted by Crippen LogP contribution is -2.50. The van der Waals surface area contributed by atoms with Crippen molar-refractivity contribution < 1.29 is 14.3 Å². The predicted octanol–water partition coefficient (Wildman–Crippen LogP) is 2.39. The minimum absolute atomic E-state index is 0.00814. The van der Waals surface area contributed by atoms with Gasteiger partial charge in [-0.2, -0.15) is 0 Å². The van der Waals surface area contributed by atoms with Crippen LogP contribution in [0.4, 0.5) is 0 Å². The Bertz CT molecular complexity index is 291. The number of ether oxygens (including phenoxy) is 2. The van der Waals surface area contributed by atoms with E-state index in [1.54, 1.807) is 11.0 Å². The van der Waals surface area contributed by atoms with Crippen LogP contribution in [0.5, 0.6) is 0 Å². The fourth-order valence-electron chi connectivity index (χ4n) is 1.99. The van der Waals surface area contributed by atoms with E-state index in [4.69, 9.17) is 9.47 Å². The van der Waals surface area contributed by atoms with Gasteiger partial charge in [0.05, 0.1) is 18.8 Å². The normalized spacial score (nSPS) is 23.1. The molecule has 2 unspecified atom stereocenters. The average Bonchev–Trinajstić information content (AvgIpc) is 2.41. The number of nitrogens with zero attached hydrogens (tertiary/aromatic N) is 1. The predicted molar refractivity (Wildman–Crippen MR) is 76.1 cm³/mol. The van der Waals surface area contributed by atoms with Gasteiger partial charge >= 0.3 is 0 Å². The molecule has 0 aliphatic carbocycles. The molecule has 1 rings (SSSR count). The highest BCUT2D eigenvalue weighted by Crippen LogP contribution is 2.16. The zero-order chi connectivity index (χ0) is 14.1. The Morgan fingerprint density at radius 3 is 2.58 bits per heavy atom. The number of amides is 1. The minimum atomic E-state index is -0.0455. The Morgan fingerprint density at radius 1 is 1.21 bits per heavy atom. The monoisotopic (exact) mass is 269 g/mol. The average molecular weight is 269 g/mol. The van der Waals surface area contributed by atoms with Crippen molar-refractivity contribution in [2.24, 2.45) is 0 Å². The Labute approximate surface area is 116 Å². The first-order valence-corrected chi connectivity index (χ1v) is 7.35. The highest BCUT2D eigenvalue weighted by Gasteiger charge is 2.30. The van der Waals surface area contributed by atoms with Crippen LogP contribution in [-0.2, 0) is 14.3 Å². The van der Waals surface area contributed by atoms with Gasteiger partial charge in [0.1, 0.15) is 0 Å². The van der Waals surface area contributed by atoms with Crippen LogP contribution in [0.2, 0.25) is 0 Å². The van der Waals surface area contributed by atoms with Gasteiger partial charge in [0, 0.05) is 26.3 Å². The Morgan fingerprint density at radius 2 is 1.89 bits per heavy atom. The Kier molecular flexibility index (Phi) is 7.75. The van der Waals surface area contributed by atoms with Gasteiger partial charge in [0.15, 0.2) is 0 Å². The van der Waals surface area contributed by atoms with Crippen LogP contribution in [-0.4, -0.2) is 49.8 Å². The number of likely N-dealkylation sites (N-methyl/N-ethyl adjacent to an activating group) is 1. The summed E-state index contributed by atoms with van der Waals surface area (Å²) >= 11 is 0. The molecular weight excluding hydrogens is 242 g/mol. The third-order valence-electron chi connectivity index (χ3n) is 3.39. The zero-order valence-corrected chi connectivity index (χ0v) is 12.4. The number of hydrogen-bond donors (Lipinski definition) is 0. The van der Waals surface area contributed by atoms with E-state index in [2.05, 4.69) is 13.8 Å². The summed E-state index contributed by atoms with van der Waals surface area (Å²) < 4.78 is 11.5. The van der Waals surface area contributed by atoms with Crippen LogP contribution in [0, 0.1) is 0 Å². The molecule has 1 aliphatic heterocycles. The molecule has 0 saturated heterocycles. The van der Waals surface area contributed by atoms with Gasteiger partial charge in [-0.3, -0.25) is 4.79 Å². The van der Waals surface area contributed by atoms with E-state index in [0.29, 0.717) is 6.61 Å². The van der Waals surface area contributed by atoms with E-state index in [1.165, 1.54) is 0 Å². The largest absolute Gasteiger partial charge is 0.379 e. The second kappa shape index (κ2) is 9.10. The molecule has 0 N–H and O–H groups in total. The highest BCUT2D eigenvalue weighted by molar-refractivity contribution is 5.88. The molecular formula is C15H27NO3. The number of unbranched alkanes of at least 4 members (excludes halogenated alkanes) is 2. The van der Waals surface area contributed by atoms with Crippen molar-refractivity contribution in [2.75, 3.05) is 26.9 Å². The molecule has 19 heavy (non-hydrogen) atoms. The van der Waals surface area contributed by atoms with Gasteiger partial charge in [-0.25, -0.2) is 0 Å². The van der Waals surface area contributed by atoms with Gasteiger partial charge < -0.3 is 14.4 Å². The number of hydrogen-bond acceptors (Lipinski definition) is 3. The summed E-state index contributed by atoms with van der Waals surface area (Å²) in [6.45, 7) is 6.31. The van der Waals surface area contributed by atoms with Crippen LogP contribution in [0.25, 0.3) is 0 Å². The molecule has 0 aromatic carbocycles. The van der Waals surface area contributed by atoms with E-state index in [9.17, 15) is 4.79 Å². The third kappa shape index (κ3) is 5.33. The van der Waals surface area contributed by atoms with Crippen molar-refractivity contribution in [2.45, 2.75) is 51.7 Å². The Hall–Kier alpha value is -0.870. The van der Waals surface area contributed by atoms with Crippen molar-refractivity contribution in [1.82, 2.24) is 4.90 Å². The van der Waals surface area contributed by atoms with E-state index in [-0.39, 0.29) is 18.1 Å². The van der Waals surface area contributed by atoms with Gasteiger partial charge in [0.25, 0.3) is 0 Å². The third-order valence-corrected chi connectivity index (χ3v) is 3.39. The maximum atomic E-state index is 11.7. The topological polar surface area (TPSA) is 38.8 Å². The molecule has 0 aromatic rings. The molecule has 1 aliphatic rings. The molecule has 1 amide bonds. The zero-order valence-electron chi connectivity index (χ0n) is 12.4. The van der Waals surface area contributed by atoms with Crippen LogP contribution >= 0.6 is 0 Å². The fraction of sp³-hybridized carbons (Fsp3) is 0.800. The molecule has 4 nitrogen and oxygen atoms in total. The van der Waals surface area contributed by atoms with Crippen LogP contribution in [0.1, 0.15) is 39.5 Å². The van der Waals surface area contributed by atoms with Crippen molar-refractivity contribution in [3.63, 3.8) is 0 Å². The number of carbonyl (C=O) groups excluding carboxylic acids is 1. The summed E-state index contributed by atoms with van der Waals surface area (Å²) in [5, 5.41) is 0. The summed E-state index contributed by atoms with van der Waals surface area (Å²) in [5.41, 5.74) is 0. The molecule has 0 spiro atoms. The van der Waals surface area contributed by atoms with Crippen molar-refractivity contribution in [3.8, 4) is 0 Å². The van der Waals surface area contributed by atoms with Gasteiger partial charge in [-0.05, 0) is 18.9 Å². The summed E-state index contributed by atoms with van der Waals surface area (Å²) in [6, 6.07) is -0.00814. The van der Waals surface area contributed by atoms with Crippen LogP contribution < -0.4 is 0 Å². The maximum Gasteiger partial charge on any atom is 0.246 e. The molecule has 1 heterocycles. The van der Waals surface area contributed by atoms with E-state index < -0.39 is 0 Å². The molecule has 0 saturated carbocycles.